The maximum absolute atomic E-state index is 13.9. The van der Waals surface area contributed by atoms with Crippen LogP contribution in [0, 0.1) is 18.2 Å². The molecular formula is C24H21Cl2FN2O3S. The maximum Gasteiger partial charge on any atom is 0.221 e. The summed E-state index contributed by atoms with van der Waals surface area (Å²) in [6, 6.07) is 3.00. The van der Waals surface area contributed by atoms with E-state index >= 15 is 0 Å². The molecule has 1 amide bonds. The van der Waals surface area contributed by atoms with E-state index in [1.807, 2.05) is 6.92 Å². The van der Waals surface area contributed by atoms with Crippen molar-refractivity contribution in [3.8, 4) is 12.3 Å². The Morgan fingerprint density at radius 2 is 1.97 bits per heavy atom. The maximum atomic E-state index is 13.9. The minimum Gasteiger partial charge on any atom is -0.384 e. The van der Waals surface area contributed by atoms with Gasteiger partial charge in [0.2, 0.25) is 5.91 Å². The average Bonchev–Trinajstić information content (AvgIpc) is 3.49. The van der Waals surface area contributed by atoms with Crippen molar-refractivity contribution in [1.82, 2.24) is 5.32 Å². The Hall–Kier alpha value is -2.40. The third-order valence-corrected chi connectivity index (χ3v) is 7.82. The number of Topliss-reactive ketones (excluding diaryl/α,β-unsaturated/α-hetero) is 1. The number of thiophene rings is 1. The number of carbonyl (C=O) groups is 2. The van der Waals surface area contributed by atoms with Gasteiger partial charge in [-0.15, -0.1) is 17.8 Å². The molecule has 1 N–H and O–H groups in total. The van der Waals surface area contributed by atoms with E-state index in [1.165, 1.54) is 23.5 Å². The van der Waals surface area contributed by atoms with Crippen molar-refractivity contribution in [3.05, 3.63) is 54.4 Å². The summed E-state index contributed by atoms with van der Waals surface area (Å²) >= 11 is 13.4. The molecule has 172 valence electrons. The van der Waals surface area contributed by atoms with E-state index < -0.39 is 11.4 Å². The fourth-order valence-electron chi connectivity index (χ4n) is 4.18. The fraction of sp³-hybridized carbons (Fsp3) is 0.375. The first-order valence-corrected chi connectivity index (χ1v) is 12.1. The summed E-state index contributed by atoms with van der Waals surface area (Å²) in [4.78, 5) is 32.2. The summed E-state index contributed by atoms with van der Waals surface area (Å²) in [7, 11) is 0. The van der Waals surface area contributed by atoms with E-state index in [1.54, 1.807) is 0 Å². The van der Waals surface area contributed by atoms with Gasteiger partial charge >= 0.3 is 0 Å². The van der Waals surface area contributed by atoms with Crippen LogP contribution in [-0.2, 0) is 28.1 Å². The van der Waals surface area contributed by atoms with E-state index in [0.29, 0.717) is 16.9 Å². The predicted molar refractivity (Wildman–Crippen MR) is 128 cm³/mol. The van der Waals surface area contributed by atoms with Gasteiger partial charge < -0.3 is 10.2 Å². The molecular weight excluding hydrogens is 486 g/mol. The third kappa shape index (κ3) is 4.65. The number of oxime groups is 1. The third-order valence-electron chi connectivity index (χ3n) is 5.91. The van der Waals surface area contributed by atoms with Crippen LogP contribution >= 0.6 is 34.5 Å². The molecule has 2 heterocycles. The quantitative estimate of drug-likeness (QED) is 0.309. The van der Waals surface area contributed by atoms with Crippen molar-refractivity contribution >= 4 is 51.9 Å². The van der Waals surface area contributed by atoms with Crippen molar-refractivity contribution in [2.24, 2.45) is 5.16 Å². The SMILES string of the molecule is C#CCNC(=O)CCC(=O)c1sc(C2=NO[C@](C)(c3cc(Cl)c(F)c(Cl)c3)C2)c2c1CCC2. The lowest BCUT2D eigenvalue weighted by Gasteiger charge is -2.22. The summed E-state index contributed by atoms with van der Waals surface area (Å²) in [6.45, 7) is 1.99. The minimum atomic E-state index is -0.856. The van der Waals surface area contributed by atoms with Crippen LogP contribution in [0.4, 0.5) is 4.39 Å². The monoisotopic (exact) mass is 506 g/mol. The average molecular weight is 507 g/mol. The number of benzene rings is 1. The largest absolute Gasteiger partial charge is 0.384 e. The number of terminal acetylenes is 1. The van der Waals surface area contributed by atoms with Crippen molar-refractivity contribution in [2.45, 2.75) is 51.0 Å². The highest BCUT2D eigenvalue weighted by Crippen LogP contribution is 2.43. The van der Waals surface area contributed by atoms with Gasteiger partial charge in [-0.2, -0.15) is 0 Å². The highest BCUT2D eigenvalue weighted by atomic mass is 35.5. The number of rotatable bonds is 7. The van der Waals surface area contributed by atoms with Crippen LogP contribution in [0.3, 0.4) is 0 Å². The van der Waals surface area contributed by atoms with Crippen LogP contribution in [0.2, 0.25) is 10.0 Å². The van der Waals surface area contributed by atoms with E-state index in [0.717, 1.165) is 41.0 Å². The zero-order valence-corrected chi connectivity index (χ0v) is 20.2. The normalized spacial score (nSPS) is 18.9. The Bertz CT molecular complexity index is 1190. The number of nitrogens with one attached hydrogen (secondary N) is 1. The molecule has 0 saturated heterocycles. The Balaban J connectivity index is 1.54. The molecule has 0 radical (unpaired) electrons. The van der Waals surface area contributed by atoms with Crippen molar-refractivity contribution in [1.29, 1.82) is 0 Å². The second-order valence-electron chi connectivity index (χ2n) is 8.27. The summed E-state index contributed by atoms with van der Waals surface area (Å²) < 4.78 is 13.9. The van der Waals surface area contributed by atoms with Crippen LogP contribution in [0.15, 0.2) is 17.3 Å². The molecule has 1 atom stereocenters. The lowest BCUT2D eigenvalue weighted by molar-refractivity contribution is -0.120. The van der Waals surface area contributed by atoms with Gasteiger partial charge in [-0.25, -0.2) is 4.39 Å². The molecule has 2 aromatic rings. The van der Waals surface area contributed by atoms with E-state index in [-0.39, 0.29) is 41.1 Å². The van der Waals surface area contributed by atoms with Gasteiger partial charge in [0.15, 0.2) is 17.2 Å². The first kappa shape index (κ1) is 23.7. The Labute approximate surface area is 205 Å². The lowest BCUT2D eigenvalue weighted by Crippen LogP contribution is -2.23. The van der Waals surface area contributed by atoms with Crippen LogP contribution < -0.4 is 5.32 Å². The second-order valence-corrected chi connectivity index (χ2v) is 10.1. The topological polar surface area (TPSA) is 67.8 Å². The predicted octanol–water partition coefficient (Wildman–Crippen LogP) is 5.43. The van der Waals surface area contributed by atoms with Gasteiger partial charge in [0.25, 0.3) is 0 Å². The van der Waals surface area contributed by atoms with Crippen molar-refractivity contribution in [2.75, 3.05) is 6.54 Å². The van der Waals surface area contributed by atoms with E-state index in [9.17, 15) is 14.0 Å². The molecule has 0 bridgehead atoms. The van der Waals surface area contributed by atoms with Crippen molar-refractivity contribution in [3.63, 3.8) is 0 Å². The number of ketones is 1. The highest BCUT2D eigenvalue weighted by Gasteiger charge is 2.40. The summed E-state index contributed by atoms with van der Waals surface area (Å²) in [5.74, 6) is 1.38. The number of nitrogens with zero attached hydrogens (tertiary/aromatic N) is 1. The van der Waals surface area contributed by atoms with Crippen LogP contribution in [0.5, 0.6) is 0 Å². The summed E-state index contributed by atoms with van der Waals surface area (Å²) in [6.07, 6.45) is 8.44. The van der Waals surface area contributed by atoms with Gasteiger partial charge in [-0.1, -0.05) is 34.3 Å². The Kier molecular flexibility index (Phi) is 6.81. The molecule has 2 aliphatic rings. The fourth-order valence-corrected chi connectivity index (χ4v) is 6.02. The number of hydrogen-bond donors (Lipinski definition) is 1. The molecule has 0 fully saturated rings. The zero-order chi connectivity index (χ0) is 23.8. The number of amides is 1. The van der Waals surface area contributed by atoms with Crippen LogP contribution in [-0.4, -0.2) is 23.9 Å². The molecule has 4 rings (SSSR count). The van der Waals surface area contributed by atoms with Crippen LogP contribution in [0.25, 0.3) is 0 Å². The van der Waals surface area contributed by atoms with E-state index in [2.05, 4.69) is 16.4 Å². The molecule has 33 heavy (non-hydrogen) atoms. The molecule has 9 heteroatoms. The Morgan fingerprint density at radius 3 is 2.67 bits per heavy atom. The van der Waals surface area contributed by atoms with Crippen molar-refractivity contribution < 1.29 is 18.8 Å². The molecule has 0 unspecified atom stereocenters. The Morgan fingerprint density at radius 1 is 1.27 bits per heavy atom. The summed E-state index contributed by atoms with van der Waals surface area (Å²) in [5, 5.41) is 6.75. The van der Waals surface area contributed by atoms with E-state index in [4.69, 9.17) is 34.5 Å². The first-order chi connectivity index (χ1) is 15.7. The first-order valence-electron chi connectivity index (χ1n) is 10.5. The molecule has 1 aliphatic heterocycles. The summed E-state index contributed by atoms with van der Waals surface area (Å²) in [5.41, 5.74) is 2.68. The number of hydrogen-bond acceptors (Lipinski definition) is 5. The lowest BCUT2D eigenvalue weighted by atomic mass is 9.90. The standard InChI is InChI=1S/C24H21Cl2FN2O3S/c1-3-9-28-20(31)8-7-19(30)23-15-6-4-5-14(15)22(33-23)18-12-24(2,32-29-18)13-10-16(25)21(27)17(26)11-13/h1,10-11H,4-9,12H2,2H3,(H,28,31)/t24-/m0/s1. The second kappa shape index (κ2) is 9.46. The number of fused-ring (bicyclic) bond motifs is 1. The smallest absolute Gasteiger partial charge is 0.221 e. The molecule has 5 nitrogen and oxygen atoms in total. The van der Waals surface area contributed by atoms with Gasteiger partial charge in [0.1, 0.15) is 5.71 Å². The number of halogens is 3. The zero-order valence-electron chi connectivity index (χ0n) is 17.9. The molecule has 0 saturated carbocycles. The molecule has 1 aliphatic carbocycles. The van der Waals surface area contributed by atoms with Gasteiger partial charge in [-0.3, -0.25) is 9.59 Å². The number of carbonyl (C=O) groups excluding carboxylic acids is 2. The molecule has 0 spiro atoms. The highest BCUT2D eigenvalue weighted by molar-refractivity contribution is 7.16. The van der Waals surface area contributed by atoms with Gasteiger partial charge in [-0.05, 0) is 49.4 Å². The molecule has 1 aromatic heterocycles. The minimum absolute atomic E-state index is 0.0559. The van der Waals surface area contributed by atoms with Gasteiger partial charge in [0, 0.05) is 24.8 Å². The van der Waals surface area contributed by atoms with Gasteiger partial charge in [0.05, 0.1) is 26.3 Å². The molecule has 1 aromatic carbocycles. The van der Waals surface area contributed by atoms with Crippen LogP contribution in [0.1, 0.15) is 63.8 Å².